The Bertz CT molecular complexity index is 352. The molecule has 0 radical (unpaired) electrons. The Kier molecular flexibility index (Phi) is 4.41. The van der Waals surface area contributed by atoms with Gasteiger partial charge < -0.3 is 5.11 Å². The van der Waals surface area contributed by atoms with Gasteiger partial charge in [-0.1, -0.05) is 43.4 Å². The number of benzene rings is 1. The first-order valence-electron chi connectivity index (χ1n) is 6.32. The van der Waals surface area contributed by atoms with E-state index in [-0.39, 0.29) is 11.5 Å². The molecule has 2 rings (SSSR count). The molecular weight excluding hydrogens is 239 g/mol. The summed E-state index contributed by atoms with van der Waals surface area (Å²) in [6, 6.07) is 4.57. The summed E-state index contributed by atoms with van der Waals surface area (Å²) in [5.41, 5.74) is 0.279. The van der Waals surface area contributed by atoms with E-state index in [0.29, 0.717) is 5.02 Å². The number of halogens is 2. The lowest BCUT2D eigenvalue weighted by atomic mass is 9.89. The molecule has 3 heteroatoms. The Hall–Kier alpha value is -0.600. The molecule has 0 spiro atoms. The summed E-state index contributed by atoms with van der Waals surface area (Å²) in [7, 11) is 0. The minimum absolute atomic E-state index is 0.145. The molecule has 17 heavy (non-hydrogen) atoms. The van der Waals surface area contributed by atoms with Crippen molar-refractivity contribution in [3.63, 3.8) is 0 Å². The molecule has 1 N–H and O–H groups in total. The van der Waals surface area contributed by atoms with Crippen molar-refractivity contribution in [3.8, 4) is 0 Å². The van der Waals surface area contributed by atoms with Crippen LogP contribution in [0.2, 0.25) is 5.02 Å². The van der Waals surface area contributed by atoms with Crippen LogP contribution in [0.25, 0.3) is 0 Å². The van der Waals surface area contributed by atoms with Crippen LogP contribution in [-0.4, -0.2) is 5.11 Å². The van der Waals surface area contributed by atoms with E-state index in [1.807, 2.05) is 0 Å². The molecule has 1 unspecified atom stereocenters. The highest BCUT2D eigenvalue weighted by atomic mass is 35.5. The van der Waals surface area contributed by atoms with Gasteiger partial charge in [0.25, 0.3) is 0 Å². The summed E-state index contributed by atoms with van der Waals surface area (Å²) >= 11 is 5.98. The lowest BCUT2D eigenvalue weighted by molar-refractivity contribution is 0.0953. The average molecular weight is 257 g/mol. The molecule has 0 heterocycles. The highest BCUT2D eigenvalue weighted by molar-refractivity contribution is 6.31. The van der Waals surface area contributed by atoms with Crippen molar-refractivity contribution >= 4 is 11.6 Å². The second-order valence-electron chi connectivity index (χ2n) is 4.83. The van der Waals surface area contributed by atoms with Crippen LogP contribution in [0.4, 0.5) is 4.39 Å². The quantitative estimate of drug-likeness (QED) is 0.774. The zero-order valence-corrected chi connectivity index (χ0v) is 10.6. The Morgan fingerprint density at radius 2 is 1.82 bits per heavy atom. The molecule has 1 saturated carbocycles. The van der Waals surface area contributed by atoms with Crippen molar-refractivity contribution in [2.45, 2.75) is 44.6 Å². The lowest BCUT2D eigenvalue weighted by Gasteiger charge is -2.22. The predicted molar refractivity (Wildman–Crippen MR) is 67.6 cm³/mol. The maximum Gasteiger partial charge on any atom is 0.130 e. The normalized spacial score (nSPS) is 19.9. The van der Waals surface area contributed by atoms with Crippen LogP contribution in [0, 0.1) is 11.7 Å². The zero-order valence-electron chi connectivity index (χ0n) is 9.83. The van der Waals surface area contributed by atoms with Crippen LogP contribution in [0.3, 0.4) is 0 Å². The first-order valence-corrected chi connectivity index (χ1v) is 6.70. The van der Waals surface area contributed by atoms with Crippen molar-refractivity contribution in [2.75, 3.05) is 0 Å². The molecule has 94 valence electrons. The largest absolute Gasteiger partial charge is 0.388 e. The first-order chi connectivity index (χ1) is 8.20. The number of hydrogen-bond acceptors (Lipinski definition) is 1. The number of aliphatic hydroxyl groups is 1. The Labute approximate surface area is 107 Å². The summed E-state index contributed by atoms with van der Waals surface area (Å²) in [4.78, 5) is 0. The second kappa shape index (κ2) is 5.83. The fourth-order valence-corrected chi connectivity index (χ4v) is 2.93. The van der Waals surface area contributed by atoms with Gasteiger partial charge in [-0.15, -0.1) is 0 Å². The van der Waals surface area contributed by atoms with Gasteiger partial charge in [0.1, 0.15) is 5.82 Å². The van der Waals surface area contributed by atoms with E-state index in [2.05, 4.69) is 0 Å². The molecule has 0 amide bonds. The van der Waals surface area contributed by atoms with Gasteiger partial charge in [-0.25, -0.2) is 4.39 Å². The molecule has 0 bridgehead atoms. The Morgan fingerprint density at radius 1 is 1.18 bits per heavy atom. The third kappa shape index (κ3) is 2.99. The molecule has 0 aliphatic heterocycles. The van der Waals surface area contributed by atoms with Crippen LogP contribution in [0.5, 0.6) is 0 Å². The molecule has 1 aliphatic carbocycles. The van der Waals surface area contributed by atoms with Crippen LogP contribution < -0.4 is 0 Å². The molecule has 1 atom stereocenters. The first kappa shape index (κ1) is 12.8. The van der Waals surface area contributed by atoms with Gasteiger partial charge in [-0.3, -0.25) is 0 Å². The Balaban J connectivity index is 2.20. The molecule has 1 aromatic carbocycles. The van der Waals surface area contributed by atoms with E-state index in [1.165, 1.54) is 18.9 Å². The second-order valence-corrected chi connectivity index (χ2v) is 5.24. The Morgan fingerprint density at radius 3 is 2.41 bits per heavy atom. The smallest absolute Gasteiger partial charge is 0.130 e. The molecule has 0 saturated heterocycles. The van der Waals surface area contributed by atoms with Crippen molar-refractivity contribution in [2.24, 2.45) is 5.92 Å². The molecule has 1 nitrogen and oxygen atoms in total. The van der Waals surface area contributed by atoms with Crippen LogP contribution in [0.15, 0.2) is 18.2 Å². The summed E-state index contributed by atoms with van der Waals surface area (Å²) in [6.45, 7) is 0. The van der Waals surface area contributed by atoms with Crippen molar-refractivity contribution < 1.29 is 9.50 Å². The van der Waals surface area contributed by atoms with E-state index in [4.69, 9.17) is 11.6 Å². The summed E-state index contributed by atoms with van der Waals surface area (Å²) in [5.74, 6) is -0.249. The molecule has 1 aliphatic rings. The van der Waals surface area contributed by atoms with Crippen molar-refractivity contribution in [3.05, 3.63) is 34.6 Å². The maximum absolute atomic E-state index is 13.7. The van der Waals surface area contributed by atoms with Crippen molar-refractivity contribution in [1.82, 2.24) is 0 Å². The maximum atomic E-state index is 13.7. The van der Waals surface area contributed by atoms with Crippen LogP contribution >= 0.6 is 11.6 Å². The molecule has 1 fully saturated rings. The minimum atomic E-state index is -0.762. The van der Waals surface area contributed by atoms with E-state index in [1.54, 1.807) is 12.1 Å². The van der Waals surface area contributed by atoms with Crippen LogP contribution in [0.1, 0.15) is 50.2 Å². The lowest BCUT2D eigenvalue weighted by Crippen LogP contribution is -2.14. The summed E-state index contributed by atoms with van der Waals surface area (Å²) in [5, 5.41) is 10.6. The van der Waals surface area contributed by atoms with Gasteiger partial charge in [0.05, 0.1) is 6.10 Å². The number of aliphatic hydroxyl groups excluding tert-OH is 1. The monoisotopic (exact) mass is 256 g/mol. The third-order valence-electron chi connectivity index (χ3n) is 3.64. The van der Waals surface area contributed by atoms with Gasteiger partial charge in [0, 0.05) is 10.6 Å². The molecule has 1 aromatic rings. The SMILES string of the molecule is OC(c1c(F)cccc1Cl)C1CCCCCC1. The molecule has 0 aromatic heterocycles. The number of rotatable bonds is 2. The van der Waals surface area contributed by atoms with E-state index >= 15 is 0 Å². The van der Waals surface area contributed by atoms with E-state index in [9.17, 15) is 9.50 Å². The third-order valence-corrected chi connectivity index (χ3v) is 3.97. The van der Waals surface area contributed by atoms with E-state index in [0.717, 1.165) is 25.7 Å². The summed E-state index contributed by atoms with van der Waals surface area (Å²) < 4.78 is 13.7. The van der Waals surface area contributed by atoms with Gasteiger partial charge in [0.15, 0.2) is 0 Å². The van der Waals surface area contributed by atoms with Crippen LogP contribution in [-0.2, 0) is 0 Å². The fraction of sp³-hybridized carbons (Fsp3) is 0.571. The number of hydrogen-bond donors (Lipinski definition) is 1. The topological polar surface area (TPSA) is 20.2 Å². The van der Waals surface area contributed by atoms with Gasteiger partial charge >= 0.3 is 0 Å². The minimum Gasteiger partial charge on any atom is -0.388 e. The fourth-order valence-electron chi connectivity index (χ4n) is 2.66. The molecular formula is C14H18ClFO. The van der Waals surface area contributed by atoms with Gasteiger partial charge in [0.2, 0.25) is 0 Å². The highest BCUT2D eigenvalue weighted by Gasteiger charge is 2.26. The van der Waals surface area contributed by atoms with Gasteiger partial charge in [-0.05, 0) is 30.9 Å². The predicted octanol–water partition coefficient (Wildman–Crippen LogP) is 4.48. The summed E-state index contributed by atoms with van der Waals surface area (Å²) in [6.07, 6.45) is 5.84. The zero-order chi connectivity index (χ0) is 12.3. The highest BCUT2D eigenvalue weighted by Crippen LogP contribution is 2.37. The van der Waals surface area contributed by atoms with Crippen molar-refractivity contribution in [1.29, 1.82) is 0 Å². The standard InChI is InChI=1S/C14H18ClFO/c15-11-8-5-9-12(16)13(11)14(17)10-6-3-1-2-4-7-10/h5,8-10,14,17H,1-4,6-7H2. The van der Waals surface area contributed by atoms with Gasteiger partial charge in [-0.2, -0.15) is 0 Å². The average Bonchev–Trinajstić information content (AvgIpc) is 2.57. The van der Waals surface area contributed by atoms with E-state index < -0.39 is 11.9 Å².